The van der Waals surface area contributed by atoms with E-state index in [9.17, 15) is 4.79 Å². The minimum Gasteiger partial charge on any atom is -0.493 e. The van der Waals surface area contributed by atoms with E-state index in [-0.39, 0.29) is 12.1 Å². The lowest BCUT2D eigenvalue weighted by Crippen LogP contribution is -2.62. The van der Waals surface area contributed by atoms with Gasteiger partial charge >= 0.3 is 6.03 Å². The van der Waals surface area contributed by atoms with Crippen LogP contribution in [0.25, 0.3) is 0 Å². The third-order valence-corrected chi connectivity index (χ3v) is 3.71. The number of ether oxygens (including phenoxy) is 2. The summed E-state index contributed by atoms with van der Waals surface area (Å²) < 4.78 is 12.2. The molecule has 5 nitrogen and oxygen atoms in total. The monoisotopic (exact) mass is 312 g/mol. The van der Waals surface area contributed by atoms with Crippen LogP contribution in [-0.4, -0.2) is 18.9 Å². The highest BCUT2D eigenvalue weighted by Gasteiger charge is 2.44. The lowest BCUT2D eigenvalue weighted by atomic mass is 9.91. The van der Waals surface area contributed by atoms with E-state index < -0.39 is 5.72 Å². The average Bonchev–Trinajstić information content (AvgIpc) is 2.28. The fourth-order valence-electron chi connectivity index (χ4n) is 2.51. The van der Waals surface area contributed by atoms with Crippen molar-refractivity contribution < 1.29 is 14.3 Å². The first-order valence-electron chi connectivity index (χ1n) is 5.66. The van der Waals surface area contributed by atoms with Crippen molar-refractivity contribution in [3.63, 3.8) is 0 Å². The molecule has 0 aliphatic carbocycles. The number of fused-ring (bicyclic) bond motifs is 4. The Balaban J connectivity index is 2.15. The molecule has 1 aromatic rings. The van der Waals surface area contributed by atoms with E-state index in [0.29, 0.717) is 17.9 Å². The van der Waals surface area contributed by atoms with Crippen LogP contribution in [0.4, 0.5) is 4.79 Å². The molecule has 0 radical (unpaired) electrons. The van der Waals surface area contributed by atoms with E-state index in [1.165, 1.54) is 0 Å². The SMILES string of the molecule is COc1cc(Br)cc2c1OC1(C)CC2NC(=O)N1. The van der Waals surface area contributed by atoms with Gasteiger partial charge in [-0.05, 0) is 19.1 Å². The quantitative estimate of drug-likeness (QED) is 0.836. The molecule has 2 aliphatic rings. The first-order chi connectivity index (χ1) is 8.50. The zero-order valence-electron chi connectivity index (χ0n) is 10.0. The van der Waals surface area contributed by atoms with Crippen LogP contribution in [-0.2, 0) is 0 Å². The van der Waals surface area contributed by atoms with E-state index in [1.54, 1.807) is 7.11 Å². The van der Waals surface area contributed by atoms with Crippen LogP contribution >= 0.6 is 15.9 Å². The van der Waals surface area contributed by atoms with Gasteiger partial charge in [0.2, 0.25) is 0 Å². The fourth-order valence-corrected chi connectivity index (χ4v) is 2.97. The summed E-state index contributed by atoms with van der Waals surface area (Å²) in [5.74, 6) is 1.35. The molecule has 0 aromatic heterocycles. The highest BCUT2D eigenvalue weighted by molar-refractivity contribution is 9.10. The summed E-state index contributed by atoms with van der Waals surface area (Å²) in [5.41, 5.74) is 0.259. The van der Waals surface area contributed by atoms with Gasteiger partial charge in [0.15, 0.2) is 17.2 Å². The van der Waals surface area contributed by atoms with Gasteiger partial charge in [0.05, 0.1) is 13.2 Å². The number of carbonyl (C=O) groups is 1. The molecule has 96 valence electrons. The van der Waals surface area contributed by atoms with Crippen LogP contribution in [0.2, 0.25) is 0 Å². The van der Waals surface area contributed by atoms with E-state index in [2.05, 4.69) is 26.6 Å². The molecule has 2 amide bonds. The molecule has 1 saturated heterocycles. The number of methoxy groups -OCH3 is 1. The molecule has 0 saturated carbocycles. The molecular weight excluding hydrogens is 300 g/mol. The van der Waals surface area contributed by atoms with Crippen molar-refractivity contribution in [2.24, 2.45) is 0 Å². The molecule has 1 aromatic carbocycles. The Morgan fingerprint density at radius 3 is 3.06 bits per heavy atom. The van der Waals surface area contributed by atoms with Crippen LogP contribution in [0.3, 0.4) is 0 Å². The molecule has 2 atom stereocenters. The number of halogens is 1. The second-order valence-electron chi connectivity index (χ2n) is 4.71. The lowest BCUT2D eigenvalue weighted by Gasteiger charge is -2.44. The number of amides is 2. The zero-order valence-corrected chi connectivity index (χ0v) is 11.6. The number of rotatable bonds is 1. The summed E-state index contributed by atoms with van der Waals surface area (Å²) in [6, 6.07) is 3.54. The highest BCUT2D eigenvalue weighted by atomic mass is 79.9. The van der Waals surface area contributed by atoms with Crippen molar-refractivity contribution >= 4 is 22.0 Å². The molecule has 1 fully saturated rings. The van der Waals surface area contributed by atoms with E-state index in [0.717, 1.165) is 10.0 Å². The fraction of sp³-hybridized carbons (Fsp3) is 0.417. The summed E-state index contributed by atoms with van der Waals surface area (Å²) in [7, 11) is 1.60. The van der Waals surface area contributed by atoms with Crippen molar-refractivity contribution in [1.29, 1.82) is 0 Å². The van der Waals surface area contributed by atoms with Gasteiger partial charge in [0, 0.05) is 16.5 Å². The maximum Gasteiger partial charge on any atom is 0.318 e. The van der Waals surface area contributed by atoms with Gasteiger partial charge in [-0.2, -0.15) is 0 Å². The van der Waals surface area contributed by atoms with Crippen LogP contribution in [0.15, 0.2) is 16.6 Å². The summed E-state index contributed by atoms with van der Waals surface area (Å²) in [4.78, 5) is 11.6. The topological polar surface area (TPSA) is 59.6 Å². The number of hydrogen-bond acceptors (Lipinski definition) is 3. The lowest BCUT2D eigenvalue weighted by molar-refractivity contribution is 0.00937. The summed E-state index contributed by atoms with van der Waals surface area (Å²) in [5, 5.41) is 5.69. The van der Waals surface area contributed by atoms with Gasteiger partial charge in [-0.1, -0.05) is 15.9 Å². The van der Waals surface area contributed by atoms with Gasteiger partial charge in [-0.3, -0.25) is 0 Å². The second-order valence-corrected chi connectivity index (χ2v) is 5.63. The average molecular weight is 313 g/mol. The smallest absolute Gasteiger partial charge is 0.318 e. The van der Waals surface area contributed by atoms with E-state index in [4.69, 9.17) is 9.47 Å². The standard InChI is InChI=1S/C12H13BrN2O3/c1-12-5-8(14-11(16)15-12)7-3-6(13)4-9(17-2)10(7)18-12/h3-4,8H,5H2,1-2H3,(H2,14,15,16). The Bertz CT molecular complexity index is 534. The molecule has 3 rings (SSSR count). The Hall–Kier alpha value is -1.43. The molecule has 2 bridgehead atoms. The van der Waals surface area contributed by atoms with Gasteiger partial charge in [-0.15, -0.1) is 0 Å². The van der Waals surface area contributed by atoms with Crippen molar-refractivity contribution in [2.45, 2.75) is 25.1 Å². The van der Waals surface area contributed by atoms with Crippen molar-refractivity contribution in [2.75, 3.05) is 7.11 Å². The summed E-state index contributed by atoms with van der Waals surface area (Å²) in [6.45, 7) is 1.86. The summed E-state index contributed by atoms with van der Waals surface area (Å²) >= 11 is 3.44. The first kappa shape index (κ1) is 11.6. The van der Waals surface area contributed by atoms with Gasteiger partial charge < -0.3 is 20.1 Å². The van der Waals surface area contributed by atoms with Gasteiger partial charge in [0.25, 0.3) is 0 Å². The van der Waals surface area contributed by atoms with Crippen molar-refractivity contribution in [1.82, 2.24) is 10.6 Å². The highest BCUT2D eigenvalue weighted by Crippen LogP contribution is 2.46. The minimum atomic E-state index is -0.679. The Kier molecular flexibility index (Phi) is 2.45. The maximum atomic E-state index is 11.6. The number of urea groups is 1. The van der Waals surface area contributed by atoms with Gasteiger partial charge in [-0.25, -0.2) is 4.79 Å². The number of carbonyl (C=O) groups excluding carboxylic acids is 1. The normalized spacial score (nSPS) is 28.6. The predicted molar refractivity (Wildman–Crippen MR) is 68.8 cm³/mol. The van der Waals surface area contributed by atoms with E-state index in [1.807, 2.05) is 19.1 Å². The number of nitrogens with one attached hydrogen (secondary N) is 2. The third kappa shape index (κ3) is 1.71. The Morgan fingerprint density at radius 2 is 2.33 bits per heavy atom. The van der Waals surface area contributed by atoms with Gasteiger partial charge in [0.1, 0.15) is 0 Å². The molecular formula is C12H13BrN2O3. The number of benzene rings is 1. The second kappa shape index (κ2) is 3.78. The molecule has 18 heavy (non-hydrogen) atoms. The molecule has 0 spiro atoms. The van der Waals surface area contributed by atoms with E-state index >= 15 is 0 Å². The van der Waals surface area contributed by atoms with Crippen molar-refractivity contribution in [3.05, 3.63) is 22.2 Å². The minimum absolute atomic E-state index is 0.0566. The van der Waals surface area contributed by atoms with Crippen molar-refractivity contribution in [3.8, 4) is 11.5 Å². The maximum absolute atomic E-state index is 11.6. The molecule has 2 N–H and O–H groups in total. The first-order valence-corrected chi connectivity index (χ1v) is 6.45. The Morgan fingerprint density at radius 1 is 1.56 bits per heavy atom. The zero-order chi connectivity index (χ0) is 12.9. The van der Waals surface area contributed by atoms with Crippen LogP contribution in [0, 0.1) is 0 Å². The third-order valence-electron chi connectivity index (χ3n) is 3.25. The molecule has 6 heteroatoms. The van der Waals surface area contributed by atoms with Crippen LogP contribution < -0.4 is 20.1 Å². The Labute approximate surface area is 113 Å². The van der Waals surface area contributed by atoms with Crippen LogP contribution in [0.1, 0.15) is 24.9 Å². The largest absolute Gasteiger partial charge is 0.493 e. The molecule has 2 heterocycles. The number of hydrogen-bond donors (Lipinski definition) is 2. The predicted octanol–water partition coefficient (Wildman–Crippen LogP) is 2.31. The summed E-state index contributed by atoms with van der Waals surface area (Å²) in [6.07, 6.45) is 0.686. The van der Waals surface area contributed by atoms with Crippen LogP contribution in [0.5, 0.6) is 11.5 Å². The molecule has 2 unspecified atom stereocenters. The molecule has 2 aliphatic heterocycles.